The van der Waals surface area contributed by atoms with Crippen molar-refractivity contribution in [1.82, 2.24) is 4.57 Å². The van der Waals surface area contributed by atoms with E-state index >= 15 is 0 Å². The van der Waals surface area contributed by atoms with Crippen LogP contribution in [0, 0.1) is 6.92 Å². The number of hydrogen-bond donors (Lipinski definition) is 0. The summed E-state index contributed by atoms with van der Waals surface area (Å²) in [6, 6.07) is 5.97. The third-order valence-corrected chi connectivity index (χ3v) is 4.71. The topological polar surface area (TPSA) is 39.1 Å². The van der Waals surface area contributed by atoms with Crippen LogP contribution < -0.4 is 14.8 Å². The fraction of sp³-hybridized carbons (Fsp3) is 0.250. The lowest BCUT2D eigenvalue weighted by Crippen LogP contribution is -2.32. The summed E-state index contributed by atoms with van der Waals surface area (Å²) < 4.78 is 2.86. The van der Waals surface area contributed by atoms with E-state index in [-0.39, 0.29) is 11.3 Å². The number of aryl methyl sites for hydroxylation is 1. The van der Waals surface area contributed by atoms with Gasteiger partial charge in [0.05, 0.1) is 4.66 Å². The van der Waals surface area contributed by atoms with Gasteiger partial charge in [-0.2, -0.15) is 0 Å². The summed E-state index contributed by atoms with van der Waals surface area (Å²) >= 11 is 1.32. The number of fused-ring (bicyclic) bond motifs is 1. The second-order valence-corrected chi connectivity index (χ2v) is 6.09. The number of rotatable bonds is 1. The van der Waals surface area contributed by atoms with Crippen LogP contribution in [-0.4, -0.2) is 10.4 Å². The Labute approximate surface area is 120 Å². The smallest absolute Gasteiger partial charge is 0.269 e. The van der Waals surface area contributed by atoms with E-state index in [4.69, 9.17) is 0 Å². The molecule has 3 rings (SSSR count). The number of thiazole rings is 1. The van der Waals surface area contributed by atoms with Gasteiger partial charge in [-0.15, -0.1) is 11.3 Å². The average Bonchev–Trinajstić information content (AvgIpc) is 2.85. The molecule has 0 unspecified atom stereocenters. The Morgan fingerprint density at radius 1 is 1.35 bits per heavy atom. The van der Waals surface area contributed by atoms with Gasteiger partial charge < -0.3 is 0 Å². The molecule has 0 saturated carbocycles. The molecule has 0 saturated heterocycles. The molecule has 1 aliphatic rings. The van der Waals surface area contributed by atoms with Gasteiger partial charge in [0.1, 0.15) is 4.53 Å². The Bertz CT molecular complexity index is 886. The summed E-state index contributed by atoms with van der Waals surface area (Å²) in [4.78, 5) is 24.7. The lowest BCUT2D eigenvalue weighted by atomic mass is 10.0. The maximum atomic E-state index is 12.4. The van der Waals surface area contributed by atoms with E-state index in [1.54, 1.807) is 4.57 Å². The van der Waals surface area contributed by atoms with Gasteiger partial charge in [-0.25, -0.2) is 0 Å². The number of nitrogens with zero attached hydrogens (tertiary/aromatic N) is 1. The van der Waals surface area contributed by atoms with Crippen LogP contribution in [0.25, 0.3) is 12.2 Å². The van der Waals surface area contributed by atoms with E-state index in [0.717, 1.165) is 16.7 Å². The standard InChI is InChI=1S/C16H15NO2S/c1-4-17-10(3)20-15(16(17)19)14-12-7-9(2)5-6-11(12)8-13(14)18/h5-7H,3-4,8H2,1-2H3/b15-14-. The number of carbonyl (C=O) groups is 1. The number of ketones is 1. The minimum atomic E-state index is -0.0970. The molecule has 0 amide bonds. The van der Waals surface area contributed by atoms with Crippen molar-refractivity contribution in [3.8, 4) is 0 Å². The molecule has 1 heterocycles. The molecule has 2 aromatic rings. The lowest BCUT2D eigenvalue weighted by Gasteiger charge is -2.00. The number of benzene rings is 1. The Morgan fingerprint density at radius 3 is 2.75 bits per heavy atom. The predicted molar refractivity (Wildman–Crippen MR) is 81.4 cm³/mol. The van der Waals surface area contributed by atoms with Crippen LogP contribution in [0.4, 0.5) is 0 Å². The predicted octanol–water partition coefficient (Wildman–Crippen LogP) is 0.973. The normalized spacial score (nSPS) is 16.6. The van der Waals surface area contributed by atoms with Crippen LogP contribution in [-0.2, 0) is 17.8 Å². The Morgan fingerprint density at radius 2 is 2.10 bits per heavy atom. The van der Waals surface area contributed by atoms with Gasteiger partial charge in [-0.1, -0.05) is 30.3 Å². The van der Waals surface area contributed by atoms with E-state index in [1.807, 2.05) is 32.0 Å². The SMILES string of the molecule is C=c1s/c(=C2\C(=O)Cc3ccc(C)cc32)c(=O)n1CC. The molecule has 4 heteroatoms. The number of aromatic nitrogens is 1. The van der Waals surface area contributed by atoms with E-state index in [2.05, 4.69) is 6.58 Å². The van der Waals surface area contributed by atoms with Gasteiger partial charge in [0.2, 0.25) is 0 Å². The molecule has 20 heavy (non-hydrogen) atoms. The van der Waals surface area contributed by atoms with Crippen molar-refractivity contribution in [2.24, 2.45) is 0 Å². The van der Waals surface area contributed by atoms with Crippen molar-refractivity contribution in [1.29, 1.82) is 0 Å². The van der Waals surface area contributed by atoms with Gasteiger partial charge in [0.15, 0.2) is 5.78 Å². The first-order valence-corrected chi connectivity index (χ1v) is 7.40. The van der Waals surface area contributed by atoms with E-state index < -0.39 is 0 Å². The second kappa shape index (κ2) is 4.56. The van der Waals surface area contributed by atoms with Crippen LogP contribution in [0.15, 0.2) is 23.0 Å². The molecule has 0 spiro atoms. The van der Waals surface area contributed by atoms with Crippen molar-refractivity contribution >= 4 is 29.3 Å². The molecule has 0 aliphatic heterocycles. The highest BCUT2D eigenvalue weighted by molar-refractivity contribution is 7.07. The first-order valence-electron chi connectivity index (χ1n) is 6.59. The van der Waals surface area contributed by atoms with Gasteiger partial charge in [-0.3, -0.25) is 14.2 Å². The molecule has 1 aromatic heterocycles. The Balaban J connectivity index is 2.45. The molecule has 0 N–H and O–H groups in total. The highest BCUT2D eigenvalue weighted by Gasteiger charge is 2.26. The van der Waals surface area contributed by atoms with E-state index in [1.165, 1.54) is 11.3 Å². The fourth-order valence-electron chi connectivity index (χ4n) is 2.67. The molecule has 1 aromatic carbocycles. The molecule has 0 atom stereocenters. The Kier molecular flexibility index (Phi) is 2.98. The third-order valence-electron chi connectivity index (χ3n) is 3.67. The zero-order chi connectivity index (χ0) is 14.4. The van der Waals surface area contributed by atoms with E-state index in [9.17, 15) is 9.59 Å². The summed E-state index contributed by atoms with van der Waals surface area (Å²) in [5.74, 6) is 0.0344. The minimum absolute atomic E-state index is 0.0344. The second-order valence-electron chi connectivity index (χ2n) is 5.01. The van der Waals surface area contributed by atoms with Gasteiger partial charge in [-0.05, 0) is 25.0 Å². The minimum Gasteiger partial charge on any atom is -0.300 e. The number of Topliss-reactive ketones (excluding diaryl/α,β-unsaturated/α-hetero) is 1. The Hall–Kier alpha value is -1.94. The van der Waals surface area contributed by atoms with Crippen molar-refractivity contribution in [2.45, 2.75) is 26.8 Å². The fourth-order valence-corrected chi connectivity index (χ4v) is 3.75. The van der Waals surface area contributed by atoms with Crippen LogP contribution in [0.3, 0.4) is 0 Å². The first-order chi connectivity index (χ1) is 9.52. The van der Waals surface area contributed by atoms with Crippen molar-refractivity contribution in [3.63, 3.8) is 0 Å². The van der Waals surface area contributed by atoms with Crippen molar-refractivity contribution in [2.75, 3.05) is 0 Å². The number of carbonyl (C=O) groups excluding carboxylic acids is 1. The first kappa shape index (κ1) is 13.1. The maximum absolute atomic E-state index is 12.4. The summed E-state index contributed by atoms with van der Waals surface area (Å²) in [5.41, 5.74) is 3.50. The average molecular weight is 285 g/mol. The van der Waals surface area contributed by atoms with Crippen molar-refractivity contribution in [3.05, 3.63) is 54.4 Å². The highest BCUT2D eigenvalue weighted by Crippen LogP contribution is 2.28. The lowest BCUT2D eigenvalue weighted by molar-refractivity contribution is -0.112. The third kappa shape index (κ3) is 1.79. The molecular formula is C16H15NO2S. The highest BCUT2D eigenvalue weighted by atomic mass is 32.1. The van der Waals surface area contributed by atoms with E-state index in [0.29, 0.717) is 27.7 Å². The van der Waals surface area contributed by atoms with Gasteiger partial charge >= 0.3 is 0 Å². The largest absolute Gasteiger partial charge is 0.300 e. The summed E-state index contributed by atoms with van der Waals surface area (Å²) in [7, 11) is 0. The zero-order valence-corrected chi connectivity index (χ0v) is 12.3. The van der Waals surface area contributed by atoms with Crippen LogP contribution in [0.2, 0.25) is 0 Å². The molecular weight excluding hydrogens is 270 g/mol. The quantitative estimate of drug-likeness (QED) is 0.783. The van der Waals surface area contributed by atoms with Crippen LogP contribution in [0.1, 0.15) is 23.6 Å². The molecule has 0 fully saturated rings. The molecule has 3 nitrogen and oxygen atoms in total. The zero-order valence-electron chi connectivity index (χ0n) is 11.5. The number of hydrogen-bond acceptors (Lipinski definition) is 3. The van der Waals surface area contributed by atoms with Crippen molar-refractivity contribution < 1.29 is 4.79 Å². The van der Waals surface area contributed by atoms with Crippen LogP contribution in [0.5, 0.6) is 0 Å². The monoisotopic (exact) mass is 285 g/mol. The van der Waals surface area contributed by atoms with Crippen LogP contribution >= 0.6 is 11.3 Å². The molecule has 1 aliphatic carbocycles. The van der Waals surface area contributed by atoms with Gasteiger partial charge in [0, 0.05) is 18.5 Å². The summed E-state index contributed by atoms with van der Waals surface area (Å²) in [5, 5.41) is 0. The molecule has 102 valence electrons. The molecule has 0 bridgehead atoms. The summed E-state index contributed by atoms with van der Waals surface area (Å²) in [6.07, 6.45) is 0.390. The maximum Gasteiger partial charge on any atom is 0.269 e. The summed E-state index contributed by atoms with van der Waals surface area (Å²) in [6.45, 7) is 8.38. The molecule has 0 radical (unpaired) electrons. The van der Waals surface area contributed by atoms with Gasteiger partial charge in [0.25, 0.3) is 5.56 Å².